The Hall–Kier alpha value is -1.94. The first kappa shape index (κ1) is 14.5. The van der Waals surface area contributed by atoms with Gasteiger partial charge < -0.3 is 10.0 Å². The zero-order chi connectivity index (χ0) is 14.7. The molecule has 1 aromatic heterocycles. The zero-order valence-corrected chi connectivity index (χ0v) is 12.0. The number of hydrogen-bond donors (Lipinski definition) is 1. The standard InChI is InChI=1S/C16H19FN2O/c1-11-5-4-6-14(18-11)10-19(3)16-8-7-13(17)9-15(16)12(2)20/h4-9,12,20H,10H2,1-3H3/t12-/m1/s1. The van der Waals surface area contributed by atoms with E-state index in [9.17, 15) is 9.50 Å². The second kappa shape index (κ2) is 6.01. The van der Waals surface area contributed by atoms with E-state index in [4.69, 9.17) is 0 Å². The highest BCUT2D eigenvalue weighted by atomic mass is 19.1. The molecule has 0 aliphatic rings. The van der Waals surface area contributed by atoms with Gasteiger partial charge in [0.15, 0.2) is 0 Å². The van der Waals surface area contributed by atoms with Crippen LogP contribution in [-0.2, 0) is 6.54 Å². The summed E-state index contributed by atoms with van der Waals surface area (Å²) in [6.45, 7) is 4.19. The Morgan fingerprint density at radius 2 is 2.05 bits per heavy atom. The number of rotatable bonds is 4. The lowest BCUT2D eigenvalue weighted by Gasteiger charge is -2.23. The van der Waals surface area contributed by atoms with Gasteiger partial charge in [0.1, 0.15) is 5.82 Å². The monoisotopic (exact) mass is 274 g/mol. The second-order valence-electron chi connectivity index (χ2n) is 5.01. The minimum Gasteiger partial charge on any atom is -0.389 e. The van der Waals surface area contributed by atoms with Crippen LogP contribution in [0.5, 0.6) is 0 Å². The third-order valence-corrected chi connectivity index (χ3v) is 3.20. The Balaban J connectivity index is 2.27. The molecular weight excluding hydrogens is 255 g/mol. The average molecular weight is 274 g/mol. The Morgan fingerprint density at radius 1 is 1.30 bits per heavy atom. The summed E-state index contributed by atoms with van der Waals surface area (Å²) in [4.78, 5) is 6.41. The number of nitrogens with zero attached hydrogens (tertiary/aromatic N) is 2. The maximum absolute atomic E-state index is 13.3. The van der Waals surface area contributed by atoms with Crippen LogP contribution in [0, 0.1) is 12.7 Å². The van der Waals surface area contributed by atoms with Gasteiger partial charge in [0.25, 0.3) is 0 Å². The van der Waals surface area contributed by atoms with Crippen LogP contribution in [0.4, 0.5) is 10.1 Å². The smallest absolute Gasteiger partial charge is 0.123 e. The molecule has 106 valence electrons. The van der Waals surface area contributed by atoms with E-state index in [1.54, 1.807) is 13.0 Å². The number of aromatic nitrogens is 1. The fourth-order valence-electron chi connectivity index (χ4n) is 2.22. The van der Waals surface area contributed by atoms with Crippen LogP contribution in [0.25, 0.3) is 0 Å². The quantitative estimate of drug-likeness (QED) is 0.930. The highest BCUT2D eigenvalue weighted by molar-refractivity contribution is 5.54. The molecule has 0 radical (unpaired) electrons. The molecule has 0 spiro atoms. The van der Waals surface area contributed by atoms with Gasteiger partial charge in [0, 0.05) is 24.0 Å². The van der Waals surface area contributed by atoms with E-state index in [0.29, 0.717) is 12.1 Å². The van der Waals surface area contributed by atoms with E-state index < -0.39 is 6.10 Å². The maximum atomic E-state index is 13.3. The summed E-state index contributed by atoms with van der Waals surface area (Å²) in [7, 11) is 1.91. The second-order valence-corrected chi connectivity index (χ2v) is 5.01. The summed E-state index contributed by atoms with van der Waals surface area (Å²) < 4.78 is 13.3. The van der Waals surface area contributed by atoms with Crippen molar-refractivity contribution in [2.75, 3.05) is 11.9 Å². The van der Waals surface area contributed by atoms with E-state index in [1.165, 1.54) is 12.1 Å². The van der Waals surface area contributed by atoms with Gasteiger partial charge in [0.05, 0.1) is 18.3 Å². The molecular formula is C16H19FN2O. The van der Waals surface area contributed by atoms with Crippen LogP contribution in [-0.4, -0.2) is 17.1 Å². The summed E-state index contributed by atoms with van der Waals surface area (Å²) in [5.74, 6) is -0.341. The van der Waals surface area contributed by atoms with Crippen molar-refractivity contribution in [2.45, 2.75) is 26.5 Å². The summed E-state index contributed by atoms with van der Waals surface area (Å²) in [5, 5.41) is 9.78. The molecule has 0 fully saturated rings. The van der Waals surface area contributed by atoms with Crippen molar-refractivity contribution in [3.63, 3.8) is 0 Å². The molecule has 4 heteroatoms. The van der Waals surface area contributed by atoms with Gasteiger partial charge in [0.2, 0.25) is 0 Å². The third kappa shape index (κ3) is 3.33. The van der Waals surface area contributed by atoms with Gasteiger partial charge in [-0.1, -0.05) is 6.07 Å². The molecule has 0 aliphatic heterocycles. The summed E-state index contributed by atoms with van der Waals surface area (Å²) >= 11 is 0. The molecule has 3 nitrogen and oxygen atoms in total. The van der Waals surface area contributed by atoms with Crippen LogP contribution in [0.3, 0.4) is 0 Å². The molecule has 1 heterocycles. The minimum atomic E-state index is -0.714. The van der Waals surface area contributed by atoms with Crippen molar-refractivity contribution in [1.29, 1.82) is 0 Å². The Bertz CT molecular complexity index is 599. The van der Waals surface area contributed by atoms with Crippen molar-refractivity contribution >= 4 is 5.69 Å². The fraction of sp³-hybridized carbons (Fsp3) is 0.312. The normalized spacial score (nSPS) is 12.2. The highest BCUT2D eigenvalue weighted by Crippen LogP contribution is 2.27. The summed E-state index contributed by atoms with van der Waals surface area (Å²) in [6, 6.07) is 10.3. The van der Waals surface area contributed by atoms with E-state index >= 15 is 0 Å². The van der Waals surface area contributed by atoms with Crippen LogP contribution in [0.15, 0.2) is 36.4 Å². The third-order valence-electron chi connectivity index (χ3n) is 3.20. The number of anilines is 1. The molecule has 0 saturated carbocycles. The molecule has 1 N–H and O–H groups in total. The summed E-state index contributed by atoms with van der Waals surface area (Å²) in [5.41, 5.74) is 3.30. The number of aliphatic hydroxyl groups is 1. The van der Waals surface area contributed by atoms with Gasteiger partial charge in [-0.3, -0.25) is 4.98 Å². The number of aryl methyl sites for hydroxylation is 1. The first-order valence-corrected chi connectivity index (χ1v) is 6.58. The number of hydrogen-bond acceptors (Lipinski definition) is 3. The molecule has 1 aromatic carbocycles. The number of benzene rings is 1. The Kier molecular flexibility index (Phi) is 4.35. The Labute approximate surface area is 118 Å². The number of halogens is 1. The zero-order valence-electron chi connectivity index (χ0n) is 12.0. The fourth-order valence-corrected chi connectivity index (χ4v) is 2.22. The maximum Gasteiger partial charge on any atom is 0.123 e. The van der Waals surface area contributed by atoms with Crippen molar-refractivity contribution in [2.24, 2.45) is 0 Å². The van der Waals surface area contributed by atoms with Crippen LogP contribution >= 0.6 is 0 Å². The van der Waals surface area contributed by atoms with E-state index in [0.717, 1.165) is 17.1 Å². The van der Waals surface area contributed by atoms with Crippen LogP contribution in [0.2, 0.25) is 0 Å². The predicted molar refractivity (Wildman–Crippen MR) is 78.1 cm³/mol. The number of pyridine rings is 1. The molecule has 0 unspecified atom stereocenters. The lowest BCUT2D eigenvalue weighted by Crippen LogP contribution is -2.19. The highest BCUT2D eigenvalue weighted by Gasteiger charge is 2.13. The topological polar surface area (TPSA) is 36.4 Å². The lowest BCUT2D eigenvalue weighted by atomic mass is 10.1. The van der Waals surface area contributed by atoms with Crippen molar-refractivity contribution < 1.29 is 9.50 Å². The first-order valence-electron chi connectivity index (χ1n) is 6.58. The molecule has 0 saturated heterocycles. The largest absolute Gasteiger partial charge is 0.389 e. The molecule has 0 bridgehead atoms. The Morgan fingerprint density at radius 3 is 2.70 bits per heavy atom. The number of aliphatic hydroxyl groups excluding tert-OH is 1. The van der Waals surface area contributed by atoms with Gasteiger partial charge in [-0.2, -0.15) is 0 Å². The summed E-state index contributed by atoms with van der Waals surface area (Å²) in [6.07, 6.45) is -0.714. The predicted octanol–water partition coefficient (Wildman–Crippen LogP) is 3.22. The molecule has 2 aromatic rings. The van der Waals surface area contributed by atoms with E-state index in [1.807, 2.05) is 37.1 Å². The minimum absolute atomic E-state index is 0.341. The van der Waals surface area contributed by atoms with Crippen molar-refractivity contribution in [3.05, 3.63) is 59.2 Å². The van der Waals surface area contributed by atoms with Gasteiger partial charge in [-0.15, -0.1) is 0 Å². The van der Waals surface area contributed by atoms with Crippen molar-refractivity contribution in [1.82, 2.24) is 4.98 Å². The van der Waals surface area contributed by atoms with Crippen molar-refractivity contribution in [3.8, 4) is 0 Å². The SMILES string of the molecule is Cc1cccc(CN(C)c2ccc(F)cc2[C@@H](C)O)n1. The molecule has 20 heavy (non-hydrogen) atoms. The molecule has 0 aliphatic carbocycles. The molecule has 0 amide bonds. The van der Waals surface area contributed by atoms with Crippen LogP contribution in [0.1, 0.15) is 30.0 Å². The first-order chi connectivity index (χ1) is 9.47. The van der Waals surface area contributed by atoms with Crippen LogP contribution < -0.4 is 4.90 Å². The van der Waals surface area contributed by atoms with E-state index in [2.05, 4.69) is 4.98 Å². The molecule has 1 atom stereocenters. The van der Waals surface area contributed by atoms with E-state index in [-0.39, 0.29) is 5.82 Å². The van der Waals surface area contributed by atoms with Gasteiger partial charge in [-0.25, -0.2) is 4.39 Å². The van der Waals surface area contributed by atoms with Gasteiger partial charge >= 0.3 is 0 Å². The molecule has 2 rings (SSSR count). The van der Waals surface area contributed by atoms with Gasteiger partial charge in [-0.05, 0) is 44.2 Å². The average Bonchev–Trinajstić information content (AvgIpc) is 2.38. The lowest BCUT2D eigenvalue weighted by molar-refractivity contribution is 0.199.